The molecule has 20 heavy (non-hydrogen) atoms. The Morgan fingerprint density at radius 2 is 2.10 bits per heavy atom. The summed E-state index contributed by atoms with van der Waals surface area (Å²) in [6, 6.07) is 5.10. The number of carbonyl (C=O) groups is 1. The van der Waals surface area contributed by atoms with Gasteiger partial charge >= 0.3 is 0 Å². The Hall–Kier alpha value is -1.20. The zero-order chi connectivity index (χ0) is 14.9. The van der Waals surface area contributed by atoms with Gasteiger partial charge in [0.25, 0.3) is 0 Å². The van der Waals surface area contributed by atoms with E-state index in [4.69, 9.17) is 0 Å². The number of halogens is 2. The zero-order valence-corrected chi connectivity index (χ0v) is 13.9. The Morgan fingerprint density at radius 1 is 1.40 bits per heavy atom. The second kappa shape index (κ2) is 6.06. The Labute approximate surface area is 130 Å². The Kier molecular flexibility index (Phi) is 4.60. The fraction of sp³-hybridized carbons (Fsp3) is 0.267. The summed E-state index contributed by atoms with van der Waals surface area (Å²) in [5, 5.41) is 2.02. The number of carbonyl (C=O) groups excluding carboxylic acids is 1. The molecule has 0 atom stereocenters. The van der Waals surface area contributed by atoms with Crippen LogP contribution in [-0.2, 0) is 6.54 Å². The van der Waals surface area contributed by atoms with Gasteiger partial charge in [-0.05, 0) is 53.5 Å². The smallest absolute Gasteiger partial charge is 0.161 e. The average Bonchev–Trinajstić information content (AvgIpc) is 2.77. The van der Waals surface area contributed by atoms with Crippen LogP contribution in [0.2, 0.25) is 0 Å². The number of aryl methyl sites for hydroxylation is 1. The zero-order valence-electron chi connectivity index (χ0n) is 11.5. The van der Waals surface area contributed by atoms with Gasteiger partial charge in [0, 0.05) is 33.0 Å². The molecule has 0 aliphatic heterocycles. The molecule has 0 aliphatic rings. The first-order valence-electron chi connectivity index (χ1n) is 6.13. The summed E-state index contributed by atoms with van der Waals surface area (Å²) in [6.45, 7) is 3.85. The van der Waals surface area contributed by atoms with Crippen LogP contribution in [0.3, 0.4) is 0 Å². The highest BCUT2D eigenvalue weighted by Gasteiger charge is 2.15. The standard InChI is InChI=1S/C15H15BrFNOS/c1-9-4-15(13(10(2)19)6-14(9)17)18(3)7-12-5-11(16)8-20-12/h4-6,8H,7H2,1-3H3. The lowest BCUT2D eigenvalue weighted by Crippen LogP contribution is -2.19. The molecule has 0 N–H and O–H groups in total. The highest BCUT2D eigenvalue weighted by atomic mass is 79.9. The number of thiophene rings is 1. The molecule has 0 saturated heterocycles. The molecular weight excluding hydrogens is 341 g/mol. The molecule has 0 aliphatic carbocycles. The third kappa shape index (κ3) is 3.27. The minimum atomic E-state index is -0.341. The molecule has 1 aromatic heterocycles. The summed E-state index contributed by atoms with van der Waals surface area (Å²) in [6.07, 6.45) is 0. The van der Waals surface area contributed by atoms with Crippen molar-refractivity contribution in [1.29, 1.82) is 0 Å². The molecular formula is C15H15BrFNOS. The molecule has 1 aromatic carbocycles. The van der Waals surface area contributed by atoms with Crippen LogP contribution in [0.15, 0.2) is 28.1 Å². The lowest BCUT2D eigenvalue weighted by molar-refractivity contribution is 0.101. The molecule has 106 valence electrons. The normalized spacial score (nSPS) is 10.7. The maximum Gasteiger partial charge on any atom is 0.161 e. The van der Waals surface area contributed by atoms with Crippen LogP contribution >= 0.6 is 27.3 Å². The summed E-state index contributed by atoms with van der Waals surface area (Å²) in [5.74, 6) is -0.468. The van der Waals surface area contributed by atoms with Crippen LogP contribution in [0.25, 0.3) is 0 Å². The first kappa shape index (κ1) is 15.2. The fourth-order valence-electron chi connectivity index (χ4n) is 2.02. The summed E-state index contributed by atoms with van der Waals surface area (Å²) in [4.78, 5) is 14.8. The van der Waals surface area contributed by atoms with Crippen LogP contribution in [0, 0.1) is 12.7 Å². The summed E-state index contributed by atoms with van der Waals surface area (Å²) in [7, 11) is 1.91. The first-order valence-corrected chi connectivity index (χ1v) is 7.81. The number of benzene rings is 1. The highest BCUT2D eigenvalue weighted by molar-refractivity contribution is 9.10. The molecule has 0 fully saturated rings. The molecule has 0 saturated carbocycles. The first-order chi connectivity index (χ1) is 9.38. The van der Waals surface area contributed by atoms with E-state index in [2.05, 4.69) is 15.9 Å². The third-order valence-corrected chi connectivity index (χ3v) is 4.76. The van der Waals surface area contributed by atoms with Gasteiger partial charge in [0.05, 0.1) is 6.54 Å². The molecule has 0 spiro atoms. The SMILES string of the molecule is CC(=O)c1cc(F)c(C)cc1N(C)Cc1cc(Br)cs1. The van der Waals surface area contributed by atoms with E-state index >= 15 is 0 Å². The van der Waals surface area contributed by atoms with Crippen molar-refractivity contribution in [3.63, 3.8) is 0 Å². The van der Waals surface area contributed by atoms with Gasteiger partial charge < -0.3 is 4.90 Å². The van der Waals surface area contributed by atoms with Crippen LogP contribution in [0.1, 0.15) is 27.7 Å². The fourth-order valence-corrected chi connectivity index (χ4v) is 3.52. The van der Waals surface area contributed by atoms with Crippen LogP contribution in [0.4, 0.5) is 10.1 Å². The number of Topliss-reactive ketones (excluding diaryl/α,β-unsaturated/α-hetero) is 1. The van der Waals surface area contributed by atoms with Crippen molar-refractivity contribution in [1.82, 2.24) is 0 Å². The summed E-state index contributed by atoms with van der Waals surface area (Å²) in [5.41, 5.74) is 1.73. The van der Waals surface area contributed by atoms with E-state index in [0.29, 0.717) is 17.7 Å². The number of hydrogen-bond acceptors (Lipinski definition) is 3. The van der Waals surface area contributed by atoms with Crippen LogP contribution in [0.5, 0.6) is 0 Å². The number of rotatable bonds is 4. The second-order valence-corrected chi connectivity index (χ2v) is 6.67. The quantitative estimate of drug-likeness (QED) is 0.734. The van der Waals surface area contributed by atoms with Gasteiger partial charge in [0.15, 0.2) is 5.78 Å². The van der Waals surface area contributed by atoms with E-state index in [9.17, 15) is 9.18 Å². The molecule has 5 heteroatoms. The highest BCUT2D eigenvalue weighted by Crippen LogP contribution is 2.27. The molecule has 0 unspecified atom stereocenters. The second-order valence-electron chi connectivity index (χ2n) is 4.76. The minimum Gasteiger partial charge on any atom is -0.369 e. The van der Waals surface area contributed by atoms with Gasteiger partial charge in [-0.15, -0.1) is 11.3 Å². The number of anilines is 1. The van der Waals surface area contributed by atoms with Crippen molar-refractivity contribution in [2.45, 2.75) is 20.4 Å². The van der Waals surface area contributed by atoms with Crippen LogP contribution in [-0.4, -0.2) is 12.8 Å². The van der Waals surface area contributed by atoms with Gasteiger partial charge in [-0.1, -0.05) is 0 Å². The van der Waals surface area contributed by atoms with E-state index < -0.39 is 0 Å². The summed E-state index contributed by atoms with van der Waals surface area (Å²) >= 11 is 5.07. The van der Waals surface area contributed by atoms with Crippen molar-refractivity contribution in [3.05, 3.63) is 49.9 Å². The van der Waals surface area contributed by atoms with Gasteiger partial charge in [-0.25, -0.2) is 4.39 Å². The molecule has 0 amide bonds. The van der Waals surface area contributed by atoms with Crippen molar-refractivity contribution >= 4 is 38.7 Å². The lowest BCUT2D eigenvalue weighted by Gasteiger charge is -2.22. The topological polar surface area (TPSA) is 20.3 Å². The predicted octanol–water partition coefficient (Wildman–Crippen LogP) is 4.80. The van der Waals surface area contributed by atoms with Gasteiger partial charge in [-0.3, -0.25) is 4.79 Å². The van der Waals surface area contributed by atoms with E-state index in [-0.39, 0.29) is 11.6 Å². The summed E-state index contributed by atoms with van der Waals surface area (Å²) < 4.78 is 14.7. The largest absolute Gasteiger partial charge is 0.369 e. The van der Waals surface area contributed by atoms with Crippen molar-refractivity contribution < 1.29 is 9.18 Å². The van der Waals surface area contributed by atoms with Gasteiger partial charge in [0.1, 0.15) is 5.82 Å². The number of nitrogens with zero attached hydrogens (tertiary/aromatic N) is 1. The van der Waals surface area contributed by atoms with E-state index in [1.54, 1.807) is 24.3 Å². The maximum atomic E-state index is 13.6. The van der Waals surface area contributed by atoms with Gasteiger partial charge in [-0.2, -0.15) is 0 Å². The molecule has 2 nitrogen and oxygen atoms in total. The minimum absolute atomic E-state index is 0.127. The van der Waals surface area contributed by atoms with Crippen molar-refractivity contribution in [2.24, 2.45) is 0 Å². The number of ketones is 1. The third-order valence-electron chi connectivity index (χ3n) is 3.08. The van der Waals surface area contributed by atoms with Crippen LogP contribution < -0.4 is 4.90 Å². The lowest BCUT2D eigenvalue weighted by atomic mass is 10.0. The monoisotopic (exact) mass is 355 g/mol. The molecule has 2 aromatic rings. The van der Waals surface area contributed by atoms with Crippen molar-refractivity contribution in [2.75, 3.05) is 11.9 Å². The predicted molar refractivity (Wildman–Crippen MR) is 85.3 cm³/mol. The molecule has 2 rings (SSSR count). The van der Waals surface area contributed by atoms with E-state index in [1.807, 2.05) is 23.4 Å². The van der Waals surface area contributed by atoms with E-state index in [0.717, 1.165) is 10.2 Å². The molecule has 0 radical (unpaired) electrons. The molecule has 1 heterocycles. The Morgan fingerprint density at radius 3 is 2.65 bits per heavy atom. The molecule has 0 bridgehead atoms. The van der Waals surface area contributed by atoms with Crippen molar-refractivity contribution in [3.8, 4) is 0 Å². The Balaban J connectivity index is 2.35. The Bertz CT molecular complexity index is 653. The van der Waals surface area contributed by atoms with E-state index in [1.165, 1.54) is 17.9 Å². The van der Waals surface area contributed by atoms with Gasteiger partial charge in [0.2, 0.25) is 0 Å². The maximum absolute atomic E-state index is 13.6. The average molecular weight is 356 g/mol. The number of hydrogen-bond donors (Lipinski definition) is 0.